The second kappa shape index (κ2) is 1.31. The summed E-state index contributed by atoms with van der Waals surface area (Å²) in [6.07, 6.45) is 1.64. The van der Waals surface area contributed by atoms with Crippen LogP contribution in [0.3, 0.4) is 0 Å². The Bertz CT molecular complexity index is 100. The van der Waals surface area contributed by atoms with Crippen molar-refractivity contribution in [3.8, 4) is 0 Å². The van der Waals surface area contributed by atoms with Crippen LogP contribution in [0.4, 0.5) is 0 Å². The van der Waals surface area contributed by atoms with E-state index in [0.717, 1.165) is 0 Å². The fraction of sp³-hybridized carbons (Fsp3) is 0.333. The van der Waals surface area contributed by atoms with Gasteiger partial charge in [0.25, 0.3) is 0 Å². The lowest BCUT2D eigenvalue weighted by atomic mass is 10.8. The Hall–Kier alpha value is -0.900. The zero-order valence-corrected chi connectivity index (χ0v) is 4.01. The standard InChI is InChI=1S/C3H7N3O/c1-6-2-3(4)7-5-6/h2,5H,4H2,1H3. The van der Waals surface area contributed by atoms with Gasteiger partial charge >= 0.3 is 0 Å². The van der Waals surface area contributed by atoms with Crippen LogP contribution in [0.2, 0.25) is 0 Å². The van der Waals surface area contributed by atoms with Crippen molar-refractivity contribution in [2.24, 2.45) is 5.73 Å². The Balaban J connectivity index is 2.50. The molecular formula is C3H7N3O. The normalized spacial score (nSPS) is 19.0. The first-order chi connectivity index (χ1) is 3.29. The van der Waals surface area contributed by atoms with Crippen molar-refractivity contribution in [1.29, 1.82) is 0 Å². The molecule has 7 heavy (non-hydrogen) atoms. The van der Waals surface area contributed by atoms with Gasteiger partial charge in [-0.15, -0.1) is 0 Å². The SMILES string of the molecule is CN1C=C(N)ON1. The van der Waals surface area contributed by atoms with E-state index in [-0.39, 0.29) is 0 Å². The maximum atomic E-state index is 5.16. The van der Waals surface area contributed by atoms with Gasteiger partial charge in [-0.2, -0.15) is 0 Å². The topological polar surface area (TPSA) is 50.5 Å². The molecule has 4 heteroatoms. The molecule has 0 radical (unpaired) electrons. The minimum atomic E-state index is 0.391. The highest BCUT2D eigenvalue weighted by Crippen LogP contribution is 1.93. The molecule has 1 heterocycles. The summed E-state index contributed by atoms with van der Waals surface area (Å²) < 4.78 is 0. The molecule has 4 nitrogen and oxygen atoms in total. The van der Waals surface area contributed by atoms with Crippen LogP contribution in [-0.4, -0.2) is 12.1 Å². The Morgan fingerprint density at radius 1 is 2.00 bits per heavy atom. The van der Waals surface area contributed by atoms with Crippen LogP contribution in [-0.2, 0) is 4.84 Å². The quantitative estimate of drug-likeness (QED) is 0.416. The number of nitrogens with one attached hydrogen (secondary N) is 1. The summed E-state index contributed by atoms with van der Waals surface area (Å²) in [6.45, 7) is 0. The van der Waals surface area contributed by atoms with E-state index in [2.05, 4.69) is 10.4 Å². The van der Waals surface area contributed by atoms with Crippen LogP contribution in [0.25, 0.3) is 0 Å². The van der Waals surface area contributed by atoms with Crippen molar-refractivity contribution in [2.75, 3.05) is 7.05 Å². The van der Waals surface area contributed by atoms with Crippen molar-refractivity contribution in [2.45, 2.75) is 0 Å². The van der Waals surface area contributed by atoms with Crippen LogP contribution in [0.5, 0.6) is 0 Å². The molecule has 0 saturated carbocycles. The number of hydrogen-bond acceptors (Lipinski definition) is 4. The van der Waals surface area contributed by atoms with Crippen molar-refractivity contribution >= 4 is 0 Å². The van der Waals surface area contributed by atoms with Gasteiger partial charge in [0.1, 0.15) is 0 Å². The van der Waals surface area contributed by atoms with E-state index in [9.17, 15) is 0 Å². The summed E-state index contributed by atoms with van der Waals surface area (Å²) in [4.78, 5) is 4.58. The van der Waals surface area contributed by atoms with Crippen molar-refractivity contribution in [1.82, 2.24) is 10.6 Å². The van der Waals surface area contributed by atoms with Crippen molar-refractivity contribution in [3.63, 3.8) is 0 Å². The zero-order chi connectivity index (χ0) is 5.28. The molecule has 40 valence electrons. The largest absolute Gasteiger partial charge is 0.370 e. The average Bonchev–Trinajstić information content (AvgIpc) is 1.87. The Kier molecular flexibility index (Phi) is 0.796. The number of hydrazine groups is 1. The predicted molar refractivity (Wildman–Crippen MR) is 24.3 cm³/mol. The molecular weight excluding hydrogens is 94.1 g/mol. The summed E-state index contributed by atoms with van der Waals surface area (Å²) in [5.41, 5.74) is 7.64. The molecule has 0 bridgehead atoms. The fourth-order valence-corrected chi connectivity index (χ4v) is 0.368. The molecule has 0 aliphatic carbocycles. The van der Waals surface area contributed by atoms with E-state index in [1.54, 1.807) is 18.3 Å². The van der Waals surface area contributed by atoms with E-state index in [0.29, 0.717) is 5.88 Å². The summed E-state index contributed by atoms with van der Waals surface area (Å²) >= 11 is 0. The van der Waals surface area contributed by atoms with E-state index >= 15 is 0 Å². The van der Waals surface area contributed by atoms with Gasteiger partial charge in [0.2, 0.25) is 5.88 Å². The molecule has 0 aromatic carbocycles. The minimum Gasteiger partial charge on any atom is -0.370 e. The van der Waals surface area contributed by atoms with Crippen LogP contribution in [0, 0.1) is 0 Å². The maximum absolute atomic E-state index is 5.16. The molecule has 0 fully saturated rings. The number of nitrogens with two attached hydrogens (primary N) is 1. The summed E-state index contributed by atoms with van der Waals surface area (Å²) in [5, 5.41) is 1.62. The molecule has 0 amide bonds. The molecule has 3 N–H and O–H groups in total. The number of nitrogens with zero attached hydrogens (tertiary/aromatic N) is 1. The third kappa shape index (κ3) is 0.747. The highest BCUT2D eigenvalue weighted by atomic mass is 16.7. The smallest absolute Gasteiger partial charge is 0.229 e. The number of hydrogen-bond donors (Lipinski definition) is 2. The van der Waals surface area contributed by atoms with Crippen LogP contribution in [0.1, 0.15) is 0 Å². The third-order valence-corrected chi connectivity index (χ3v) is 0.628. The first-order valence-electron chi connectivity index (χ1n) is 1.91. The Labute approximate surface area is 41.5 Å². The van der Waals surface area contributed by atoms with Gasteiger partial charge in [0, 0.05) is 7.05 Å². The first-order valence-corrected chi connectivity index (χ1v) is 1.91. The molecule has 0 unspecified atom stereocenters. The average molecular weight is 101 g/mol. The molecule has 1 aliphatic heterocycles. The third-order valence-electron chi connectivity index (χ3n) is 0.628. The summed E-state index contributed by atoms with van der Waals surface area (Å²) in [6, 6.07) is 0. The lowest BCUT2D eigenvalue weighted by molar-refractivity contribution is 0.0352. The van der Waals surface area contributed by atoms with Crippen molar-refractivity contribution in [3.05, 3.63) is 12.1 Å². The highest BCUT2D eigenvalue weighted by molar-refractivity contribution is 4.86. The van der Waals surface area contributed by atoms with Crippen molar-refractivity contribution < 1.29 is 4.84 Å². The fourth-order valence-electron chi connectivity index (χ4n) is 0.368. The van der Waals surface area contributed by atoms with E-state index in [1.165, 1.54) is 0 Å². The highest BCUT2D eigenvalue weighted by Gasteiger charge is 2.01. The molecule has 0 aromatic heterocycles. The summed E-state index contributed by atoms with van der Waals surface area (Å²) in [5.74, 6) is 0.391. The van der Waals surface area contributed by atoms with Gasteiger partial charge < -0.3 is 10.6 Å². The Morgan fingerprint density at radius 3 is 2.86 bits per heavy atom. The predicted octanol–water partition coefficient (Wildman–Crippen LogP) is -0.874. The molecule has 0 atom stereocenters. The maximum Gasteiger partial charge on any atom is 0.229 e. The van der Waals surface area contributed by atoms with Crippen LogP contribution in [0.15, 0.2) is 12.1 Å². The van der Waals surface area contributed by atoms with Gasteiger partial charge in [-0.3, -0.25) is 5.01 Å². The second-order valence-electron chi connectivity index (χ2n) is 1.34. The number of rotatable bonds is 0. The minimum absolute atomic E-state index is 0.391. The molecule has 0 spiro atoms. The molecule has 0 aromatic rings. The van der Waals surface area contributed by atoms with Gasteiger partial charge in [-0.25, -0.2) is 0 Å². The lowest BCUT2D eigenvalue weighted by Crippen LogP contribution is -2.22. The monoisotopic (exact) mass is 101 g/mol. The zero-order valence-electron chi connectivity index (χ0n) is 4.01. The van der Waals surface area contributed by atoms with Gasteiger partial charge in [-0.1, -0.05) is 5.59 Å². The van der Waals surface area contributed by atoms with Gasteiger partial charge in [-0.05, 0) is 0 Å². The van der Waals surface area contributed by atoms with Crippen LogP contribution >= 0.6 is 0 Å². The molecule has 1 rings (SSSR count). The first kappa shape index (κ1) is 4.26. The van der Waals surface area contributed by atoms with E-state index < -0.39 is 0 Å². The molecule has 0 saturated heterocycles. The van der Waals surface area contributed by atoms with Gasteiger partial charge in [0.05, 0.1) is 6.20 Å². The summed E-state index contributed by atoms with van der Waals surface area (Å²) in [7, 11) is 1.79. The Morgan fingerprint density at radius 2 is 2.71 bits per heavy atom. The van der Waals surface area contributed by atoms with E-state index in [4.69, 9.17) is 5.73 Å². The second-order valence-corrected chi connectivity index (χ2v) is 1.34. The van der Waals surface area contributed by atoms with Crippen LogP contribution < -0.4 is 11.3 Å². The van der Waals surface area contributed by atoms with Gasteiger partial charge in [0.15, 0.2) is 0 Å². The van der Waals surface area contributed by atoms with E-state index in [1.807, 2.05) is 0 Å². The lowest BCUT2D eigenvalue weighted by Gasteiger charge is -2.02. The molecule has 1 aliphatic rings.